The summed E-state index contributed by atoms with van der Waals surface area (Å²) in [7, 11) is 0. The summed E-state index contributed by atoms with van der Waals surface area (Å²) in [6.45, 7) is 0. The number of benzene rings is 4. The SMILES string of the molecule is O=C(O)c1c(O)c(Cc2cc3ccccc3c(C(=O)O)c2O)cc2ccccc12. The Morgan fingerprint density at radius 2 is 1.03 bits per heavy atom. The van der Waals surface area contributed by atoms with E-state index in [1.54, 1.807) is 60.7 Å². The fourth-order valence-electron chi connectivity index (χ4n) is 3.70. The Labute approximate surface area is 164 Å². The first-order valence-corrected chi connectivity index (χ1v) is 8.82. The molecule has 0 saturated carbocycles. The maximum atomic E-state index is 11.7. The first-order chi connectivity index (χ1) is 13.9. The van der Waals surface area contributed by atoms with Crippen molar-refractivity contribution in [2.24, 2.45) is 0 Å². The van der Waals surface area contributed by atoms with Gasteiger partial charge in [-0.25, -0.2) is 9.59 Å². The van der Waals surface area contributed by atoms with Gasteiger partial charge in [0, 0.05) is 6.42 Å². The summed E-state index contributed by atoms with van der Waals surface area (Å²) in [5.41, 5.74) is 0.111. The van der Waals surface area contributed by atoms with Crippen molar-refractivity contribution in [3.63, 3.8) is 0 Å². The molecule has 0 atom stereocenters. The number of rotatable bonds is 4. The minimum absolute atomic E-state index is 0.0338. The van der Waals surface area contributed by atoms with Crippen molar-refractivity contribution in [2.45, 2.75) is 6.42 Å². The Morgan fingerprint density at radius 1 is 0.655 bits per heavy atom. The van der Waals surface area contributed by atoms with E-state index in [1.807, 2.05) is 0 Å². The van der Waals surface area contributed by atoms with Gasteiger partial charge in [-0.15, -0.1) is 0 Å². The molecule has 0 aromatic heterocycles. The number of carboxylic acid groups (broad SMARTS) is 2. The van der Waals surface area contributed by atoms with Gasteiger partial charge in [-0.2, -0.15) is 0 Å². The topological polar surface area (TPSA) is 115 Å². The van der Waals surface area contributed by atoms with Crippen molar-refractivity contribution >= 4 is 33.5 Å². The maximum Gasteiger partial charge on any atom is 0.340 e. The van der Waals surface area contributed by atoms with Gasteiger partial charge in [0.25, 0.3) is 0 Å². The van der Waals surface area contributed by atoms with Gasteiger partial charge in [-0.3, -0.25) is 0 Å². The molecule has 6 heteroatoms. The third-order valence-corrected chi connectivity index (χ3v) is 5.01. The Hall–Kier alpha value is -4.06. The lowest BCUT2D eigenvalue weighted by atomic mass is 9.92. The largest absolute Gasteiger partial charge is 0.507 e. The highest BCUT2D eigenvalue weighted by molar-refractivity contribution is 6.08. The summed E-state index contributed by atoms with van der Waals surface area (Å²) in [4.78, 5) is 23.5. The van der Waals surface area contributed by atoms with E-state index in [9.17, 15) is 30.0 Å². The van der Waals surface area contributed by atoms with E-state index in [0.717, 1.165) is 0 Å². The van der Waals surface area contributed by atoms with Gasteiger partial charge in [0.15, 0.2) is 0 Å². The van der Waals surface area contributed by atoms with Gasteiger partial charge in [0.05, 0.1) is 0 Å². The summed E-state index contributed by atoms with van der Waals surface area (Å²) >= 11 is 0. The van der Waals surface area contributed by atoms with E-state index in [-0.39, 0.29) is 28.7 Å². The highest BCUT2D eigenvalue weighted by Crippen LogP contribution is 2.37. The van der Waals surface area contributed by atoms with Crippen molar-refractivity contribution in [3.05, 3.63) is 82.9 Å². The predicted octanol–water partition coefficient (Wildman–Crippen LogP) is 4.39. The molecule has 0 aliphatic rings. The van der Waals surface area contributed by atoms with E-state index >= 15 is 0 Å². The number of carboxylic acids is 2. The molecule has 0 fully saturated rings. The van der Waals surface area contributed by atoms with Crippen LogP contribution in [-0.2, 0) is 6.42 Å². The lowest BCUT2D eigenvalue weighted by Crippen LogP contribution is -2.04. The van der Waals surface area contributed by atoms with Crippen molar-refractivity contribution in [1.82, 2.24) is 0 Å². The monoisotopic (exact) mass is 388 g/mol. The third kappa shape index (κ3) is 3.00. The minimum atomic E-state index is -1.27. The van der Waals surface area contributed by atoms with Crippen LogP contribution in [0, 0.1) is 0 Å². The van der Waals surface area contributed by atoms with Crippen LogP contribution in [0.15, 0.2) is 60.7 Å². The Bertz CT molecular complexity index is 1200. The fourth-order valence-corrected chi connectivity index (χ4v) is 3.70. The zero-order valence-corrected chi connectivity index (χ0v) is 15.1. The van der Waals surface area contributed by atoms with Gasteiger partial charge in [-0.05, 0) is 44.8 Å². The predicted molar refractivity (Wildman–Crippen MR) is 108 cm³/mol. The highest BCUT2D eigenvalue weighted by Gasteiger charge is 2.22. The standard InChI is InChI=1S/C23H16O6/c24-20-14(9-12-5-1-3-7-16(12)18(20)22(26)27)11-15-10-13-6-2-4-8-17(13)19(21(15)25)23(28)29/h1-10,24-25H,11H2,(H,26,27)(H,28,29). The zero-order valence-electron chi connectivity index (χ0n) is 15.1. The molecule has 6 nitrogen and oxygen atoms in total. The van der Waals surface area contributed by atoms with Gasteiger partial charge in [0.2, 0.25) is 0 Å². The van der Waals surface area contributed by atoms with Gasteiger partial charge >= 0.3 is 11.9 Å². The van der Waals surface area contributed by atoms with Crippen molar-refractivity contribution in [2.75, 3.05) is 0 Å². The van der Waals surface area contributed by atoms with Crippen molar-refractivity contribution < 1.29 is 30.0 Å². The van der Waals surface area contributed by atoms with Crippen molar-refractivity contribution in [1.29, 1.82) is 0 Å². The molecule has 0 heterocycles. The molecule has 0 aliphatic heterocycles. The second kappa shape index (κ2) is 6.83. The molecule has 144 valence electrons. The fraction of sp³-hybridized carbons (Fsp3) is 0.0435. The number of fused-ring (bicyclic) bond motifs is 2. The van der Waals surface area contributed by atoms with E-state index in [2.05, 4.69) is 0 Å². The average Bonchev–Trinajstić information content (AvgIpc) is 2.68. The molecule has 4 aromatic rings. The summed E-state index contributed by atoms with van der Waals surface area (Å²) in [5.74, 6) is -3.34. The van der Waals surface area contributed by atoms with E-state index in [1.165, 1.54) is 0 Å². The molecule has 4 aromatic carbocycles. The average molecular weight is 388 g/mol. The molecule has 29 heavy (non-hydrogen) atoms. The van der Waals surface area contributed by atoms with Crippen LogP contribution in [0.3, 0.4) is 0 Å². The zero-order chi connectivity index (χ0) is 20.7. The number of hydrogen-bond acceptors (Lipinski definition) is 4. The quantitative estimate of drug-likeness (QED) is 0.412. The van der Waals surface area contributed by atoms with Gasteiger partial charge in [-0.1, -0.05) is 48.5 Å². The molecule has 0 bridgehead atoms. The first-order valence-electron chi connectivity index (χ1n) is 8.82. The summed E-state index contributed by atoms with van der Waals surface area (Å²) in [5, 5.41) is 42.4. The summed E-state index contributed by atoms with van der Waals surface area (Å²) in [6.07, 6.45) is -0.0338. The molecule has 0 spiro atoms. The summed E-state index contributed by atoms with van der Waals surface area (Å²) in [6, 6.07) is 16.8. The number of hydrogen-bond donors (Lipinski definition) is 4. The van der Waals surface area contributed by atoms with Crippen LogP contribution in [-0.4, -0.2) is 32.4 Å². The van der Waals surface area contributed by atoms with Crippen LogP contribution >= 0.6 is 0 Å². The second-order valence-corrected chi connectivity index (χ2v) is 6.75. The lowest BCUT2D eigenvalue weighted by molar-refractivity contribution is 0.0684. The van der Waals surface area contributed by atoms with Crippen LogP contribution in [0.1, 0.15) is 31.8 Å². The number of aromatic carboxylic acids is 2. The first kappa shape index (κ1) is 18.3. The molecule has 0 amide bonds. The minimum Gasteiger partial charge on any atom is -0.507 e. The molecule has 0 aliphatic carbocycles. The number of aromatic hydroxyl groups is 2. The maximum absolute atomic E-state index is 11.7. The van der Waals surface area contributed by atoms with Gasteiger partial charge in [0.1, 0.15) is 22.6 Å². The molecule has 4 N–H and O–H groups in total. The van der Waals surface area contributed by atoms with Crippen LogP contribution in [0.5, 0.6) is 11.5 Å². The third-order valence-electron chi connectivity index (χ3n) is 5.01. The molecular formula is C23H16O6. The number of carbonyl (C=O) groups is 2. The smallest absolute Gasteiger partial charge is 0.340 e. The Morgan fingerprint density at radius 3 is 1.41 bits per heavy atom. The molecule has 4 rings (SSSR count). The Kier molecular flexibility index (Phi) is 4.31. The van der Waals surface area contributed by atoms with Crippen LogP contribution in [0.2, 0.25) is 0 Å². The molecule has 0 radical (unpaired) electrons. The lowest BCUT2D eigenvalue weighted by Gasteiger charge is -2.14. The van der Waals surface area contributed by atoms with E-state index < -0.39 is 23.4 Å². The second-order valence-electron chi connectivity index (χ2n) is 6.75. The summed E-state index contributed by atoms with van der Waals surface area (Å²) < 4.78 is 0. The Balaban J connectivity index is 1.95. The van der Waals surface area contributed by atoms with Crippen molar-refractivity contribution in [3.8, 4) is 11.5 Å². The molecular weight excluding hydrogens is 372 g/mol. The normalized spacial score (nSPS) is 11.0. The number of phenols is 2. The molecule has 0 saturated heterocycles. The molecule has 0 unspecified atom stereocenters. The van der Waals surface area contributed by atoms with Crippen LogP contribution in [0.25, 0.3) is 21.5 Å². The van der Waals surface area contributed by atoms with Gasteiger partial charge < -0.3 is 20.4 Å². The highest BCUT2D eigenvalue weighted by atomic mass is 16.4. The van der Waals surface area contributed by atoms with E-state index in [0.29, 0.717) is 21.5 Å². The van der Waals surface area contributed by atoms with Crippen LogP contribution < -0.4 is 0 Å². The van der Waals surface area contributed by atoms with Crippen LogP contribution in [0.4, 0.5) is 0 Å². The van der Waals surface area contributed by atoms with E-state index in [4.69, 9.17) is 0 Å².